The third-order valence-corrected chi connectivity index (χ3v) is 5.41. The zero-order valence-electron chi connectivity index (χ0n) is 14.5. The smallest absolute Gasteiger partial charge is 0.268 e. The molecule has 2 fully saturated rings. The molecule has 0 saturated heterocycles. The van der Waals surface area contributed by atoms with E-state index >= 15 is 0 Å². The van der Waals surface area contributed by atoms with Gasteiger partial charge >= 0.3 is 0 Å². The molecule has 134 valence electrons. The van der Waals surface area contributed by atoms with E-state index in [-0.39, 0.29) is 23.6 Å². The number of rotatable bonds is 5. The molecule has 1 heterocycles. The van der Waals surface area contributed by atoms with E-state index in [1.54, 1.807) is 42.5 Å². The summed E-state index contributed by atoms with van der Waals surface area (Å²) in [4.78, 5) is 25.3. The van der Waals surface area contributed by atoms with Gasteiger partial charge in [0.2, 0.25) is 0 Å². The van der Waals surface area contributed by atoms with Crippen LogP contribution in [0.2, 0.25) is 0 Å². The van der Waals surface area contributed by atoms with Gasteiger partial charge in [-0.25, -0.2) is 0 Å². The lowest BCUT2D eigenvalue weighted by Gasteiger charge is -2.23. The topological polar surface area (TPSA) is 71.3 Å². The normalized spacial score (nSPS) is 24.5. The average Bonchev–Trinajstić information content (AvgIpc) is 3.40. The van der Waals surface area contributed by atoms with Gasteiger partial charge < -0.3 is 15.1 Å². The van der Waals surface area contributed by atoms with Crippen molar-refractivity contribution in [1.29, 1.82) is 0 Å². The maximum atomic E-state index is 12.8. The van der Waals surface area contributed by atoms with Gasteiger partial charge in [0.05, 0.1) is 6.26 Å². The molecule has 5 heteroatoms. The second-order valence-electron chi connectivity index (χ2n) is 7.15. The van der Waals surface area contributed by atoms with Gasteiger partial charge in [-0.2, -0.15) is 0 Å². The van der Waals surface area contributed by atoms with Crippen molar-refractivity contribution in [1.82, 2.24) is 10.6 Å². The molecule has 4 rings (SSSR count). The Labute approximate surface area is 152 Å². The summed E-state index contributed by atoms with van der Waals surface area (Å²) in [6.45, 7) is 0. The molecule has 2 aliphatic carbocycles. The van der Waals surface area contributed by atoms with E-state index in [4.69, 9.17) is 4.42 Å². The number of furan rings is 1. The summed E-state index contributed by atoms with van der Waals surface area (Å²) in [7, 11) is 0. The number of carbonyl (C=O) groups is 2. The highest BCUT2D eigenvalue weighted by Crippen LogP contribution is 2.44. The number of benzene rings is 1. The van der Waals surface area contributed by atoms with Gasteiger partial charge in [-0.1, -0.05) is 24.6 Å². The fourth-order valence-corrected chi connectivity index (χ4v) is 4.13. The van der Waals surface area contributed by atoms with Gasteiger partial charge in [-0.3, -0.25) is 9.59 Å². The minimum Gasteiger partial charge on any atom is -0.465 e. The van der Waals surface area contributed by atoms with Crippen molar-refractivity contribution >= 4 is 17.9 Å². The van der Waals surface area contributed by atoms with Gasteiger partial charge in [0.25, 0.3) is 11.8 Å². The molecule has 3 atom stereocenters. The molecule has 0 radical (unpaired) electrons. The first-order chi connectivity index (χ1) is 12.7. The van der Waals surface area contributed by atoms with Gasteiger partial charge in [0.1, 0.15) is 11.5 Å². The van der Waals surface area contributed by atoms with Crippen LogP contribution in [0.5, 0.6) is 0 Å². The van der Waals surface area contributed by atoms with Crippen LogP contribution in [-0.4, -0.2) is 17.9 Å². The van der Waals surface area contributed by atoms with Crippen molar-refractivity contribution in [2.45, 2.75) is 31.7 Å². The summed E-state index contributed by atoms with van der Waals surface area (Å²) < 4.78 is 5.31. The van der Waals surface area contributed by atoms with Gasteiger partial charge in [0, 0.05) is 17.7 Å². The average molecular weight is 350 g/mol. The van der Waals surface area contributed by atoms with Crippen LogP contribution in [0, 0.1) is 11.8 Å². The van der Waals surface area contributed by atoms with Crippen molar-refractivity contribution in [3.8, 4) is 0 Å². The minimum atomic E-state index is -0.313. The van der Waals surface area contributed by atoms with Crippen LogP contribution in [0.1, 0.15) is 41.8 Å². The summed E-state index contributed by atoms with van der Waals surface area (Å²) >= 11 is 0. The number of carbonyl (C=O) groups excluding carboxylic acids is 2. The lowest BCUT2D eigenvalue weighted by Crippen LogP contribution is -2.42. The Morgan fingerprint density at radius 2 is 1.88 bits per heavy atom. The van der Waals surface area contributed by atoms with Crippen LogP contribution >= 0.6 is 0 Å². The molecule has 2 amide bonds. The number of hydrogen-bond donors (Lipinski definition) is 2. The molecule has 2 N–H and O–H groups in total. The highest BCUT2D eigenvalue weighted by atomic mass is 16.3. The van der Waals surface area contributed by atoms with Crippen LogP contribution in [0.3, 0.4) is 0 Å². The minimum absolute atomic E-state index is 0.204. The van der Waals surface area contributed by atoms with E-state index in [0.29, 0.717) is 17.2 Å². The van der Waals surface area contributed by atoms with Gasteiger partial charge in [0.15, 0.2) is 0 Å². The summed E-state index contributed by atoms with van der Waals surface area (Å²) in [5.41, 5.74) is 0.710. The number of nitrogens with one attached hydrogen (secondary N) is 2. The molecule has 1 aromatic carbocycles. The van der Waals surface area contributed by atoms with Crippen molar-refractivity contribution in [3.63, 3.8) is 0 Å². The first-order valence-corrected chi connectivity index (χ1v) is 9.11. The Hall–Kier alpha value is -2.82. The molecule has 0 aliphatic heterocycles. The molecule has 0 unspecified atom stereocenters. The fourth-order valence-electron chi connectivity index (χ4n) is 4.13. The lowest BCUT2D eigenvalue weighted by atomic mass is 9.95. The third kappa shape index (κ3) is 3.57. The predicted octanol–water partition coefficient (Wildman–Crippen LogP) is 3.36. The second-order valence-corrected chi connectivity index (χ2v) is 7.15. The van der Waals surface area contributed by atoms with E-state index in [0.717, 1.165) is 12.3 Å². The molecule has 26 heavy (non-hydrogen) atoms. The van der Waals surface area contributed by atoms with Crippen molar-refractivity contribution in [2.24, 2.45) is 11.8 Å². The zero-order valence-corrected chi connectivity index (χ0v) is 14.5. The molecular formula is C21H22N2O3. The second kappa shape index (κ2) is 7.20. The van der Waals surface area contributed by atoms with Crippen molar-refractivity contribution in [2.75, 3.05) is 0 Å². The third-order valence-electron chi connectivity index (χ3n) is 5.41. The molecule has 2 aliphatic rings. The first-order valence-electron chi connectivity index (χ1n) is 9.11. The molecule has 2 bridgehead atoms. The SMILES string of the molecule is O=C(N[C@@H]1C[C@@H]2CC[C@@H]1C2)/C(=C/c1ccco1)NC(=O)c1ccccc1. The van der Waals surface area contributed by atoms with Crippen LogP contribution in [0.4, 0.5) is 0 Å². The largest absolute Gasteiger partial charge is 0.465 e. The van der Waals surface area contributed by atoms with Crippen molar-refractivity contribution in [3.05, 3.63) is 65.7 Å². The molecule has 1 aromatic heterocycles. The quantitative estimate of drug-likeness (QED) is 0.812. The van der Waals surface area contributed by atoms with E-state index in [1.807, 2.05) is 6.07 Å². The van der Waals surface area contributed by atoms with Crippen molar-refractivity contribution < 1.29 is 14.0 Å². The number of amides is 2. The van der Waals surface area contributed by atoms with E-state index < -0.39 is 0 Å². The van der Waals surface area contributed by atoms with Crippen LogP contribution < -0.4 is 10.6 Å². The van der Waals surface area contributed by atoms with Gasteiger partial charge in [-0.15, -0.1) is 0 Å². The van der Waals surface area contributed by atoms with E-state index in [9.17, 15) is 9.59 Å². The Bertz CT molecular complexity index is 811. The van der Waals surface area contributed by atoms with Gasteiger partial charge in [-0.05, 0) is 55.4 Å². The Kier molecular flexibility index (Phi) is 4.61. The highest BCUT2D eigenvalue weighted by Gasteiger charge is 2.40. The monoisotopic (exact) mass is 350 g/mol. The summed E-state index contributed by atoms with van der Waals surface area (Å²) in [5.74, 6) is 1.26. The summed E-state index contributed by atoms with van der Waals surface area (Å²) in [6, 6.07) is 12.6. The first kappa shape index (κ1) is 16.6. The zero-order chi connectivity index (χ0) is 17.9. The molecule has 0 spiro atoms. The lowest BCUT2D eigenvalue weighted by molar-refractivity contribution is -0.118. The Balaban J connectivity index is 1.51. The van der Waals surface area contributed by atoms with Crippen LogP contribution in [0.25, 0.3) is 6.08 Å². The number of fused-ring (bicyclic) bond motifs is 2. The Morgan fingerprint density at radius 1 is 1.04 bits per heavy atom. The maximum absolute atomic E-state index is 12.8. The molecule has 2 aromatic rings. The van der Waals surface area contributed by atoms with Crippen LogP contribution in [0.15, 0.2) is 58.8 Å². The number of hydrogen-bond acceptors (Lipinski definition) is 3. The molecule has 2 saturated carbocycles. The van der Waals surface area contributed by atoms with E-state index in [2.05, 4.69) is 10.6 Å². The molecule has 5 nitrogen and oxygen atoms in total. The molecular weight excluding hydrogens is 328 g/mol. The summed E-state index contributed by atoms with van der Waals surface area (Å²) in [6.07, 6.45) is 7.81. The Morgan fingerprint density at radius 3 is 2.54 bits per heavy atom. The van der Waals surface area contributed by atoms with Crippen LogP contribution in [-0.2, 0) is 4.79 Å². The standard InChI is InChI=1S/C21H22N2O3/c24-20(15-5-2-1-3-6-15)23-19(13-17-7-4-10-26-17)21(25)22-18-12-14-8-9-16(18)11-14/h1-7,10,13-14,16,18H,8-9,11-12H2,(H,22,25)(H,23,24)/b19-13-/t14-,16-,18-/m1/s1. The van der Waals surface area contributed by atoms with E-state index in [1.165, 1.54) is 25.5 Å². The summed E-state index contributed by atoms with van der Waals surface area (Å²) in [5, 5.41) is 5.86. The maximum Gasteiger partial charge on any atom is 0.268 e. The predicted molar refractivity (Wildman–Crippen MR) is 98.0 cm³/mol. The fraction of sp³-hybridized carbons (Fsp3) is 0.333. The highest BCUT2D eigenvalue weighted by molar-refractivity contribution is 6.05.